The Morgan fingerprint density at radius 3 is 2.16 bits per heavy atom. The minimum atomic E-state index is -0.572. The first-order valence-corrected chi connectivity index (χ1v) is 7.97. The normalized spacial score (nSPS) is 10.2. The first-order chi connectivity index (χ1) is 12.0. The lowest BCUT2D eigenvalue weighted by molar-refractivity contribution is -0.380. The van der Waals surface area contributed by atoms with E-state index >= 15 is 0 Å². The molecule has 3 rings (SSSR count). The van der Waals surface area contributed by atoms with Crippen LogP contribution in [0.1, 0.15) is 26.3 Å². The Kier molecular flexibility index (Phi) is 4.62. The average molecular weight is 353 g/mol. The number of aromatic nitrogens is 1. The molecule has 0 atom stereocenters. The number of benzene rings is 2. The third-order valence-electron chi connectivity index (χ3n) is 3.34. The van der Waals surface area contributed by atoms with Crippen LogP contribution in [0, 0.1) is 10.1 Å². The van der Waals surface area contributed by atoms with E-state index in [0.29, 0.717) is 16.7 Å². The maximum Gasteiger partial charge on any atom is 0.345 e. The van der Waals surface area contributed by atoms with Gasteiger partial charge in [0.25, 0.3) is 5.91 Å². The predicted octanol–water partition coefficient (Wildman–Crippen LogP) is 3.53. The Hall–Kier alpha value is -3.39. The molecule has 0 aliphatic heterocycles. The molecule has 0 unspecified atom stereocenters. The van der Waals surface area contributed by atoms with Gasteiger partial charge in [-0.15, -0.1) is 0 Å². The molecule has 0 spiro atoms. The van der Waals surface area contributed by atoms with Crippen LogP contribution in [0.15, 0.2) is 60.8 Å². The average Bonchev–Trinajstić information content (AvgIpc) is 3.11. The summed E-state index contributed by atoms with van der Waals surface area (Å²) < 4.78 is 0. The van der Waals surface area contributed by atoms with Crippen LogP contribution >= 0.6 is 11.3 Å². The lowest BCUT2D eigenvalue weighted by Crippen LogP contribution is -2.12. The molecule has 0 aliphatic carbocycles. The fraction of sp³-hybridized carbons (Fsp3) is 0. The number of rotatable bonds is 5. The summed E-state index contributed by atoms with van der Waals surface area (Å²) in [6.45, 7) is 0. The van der Waals surface area contributed by atoms with Crippen LogP contribution in [0.4, 0.5) is 10.1 Å². The summed E-state index contributed by atoms with van der Waals surface area (Å²) in [6.07, 6.45) is 1.09. The van der Waals surface area contributed by atoms with E-state index < -0.39 is 10.8 Å². The number of carbonyl (C=O) groups is 2. The topological polar surface area (TPSA) is 102 Å². The molecule has 3 aromatic rings. The number of hydrogen-bond acceptors (Lipinski definition) is 6. The smallest absolute Gasteiger partial charge is 0.298 e. The molecule has 124 valence electrons. The van der Waals surface area contributed by atoms with Crippen molar-refractivity contribution in [1.29, 1.82) is 0 Å². The molecule has 7 nitrogen and oxygen atoms in total. The molecule has 1 N–H and O–H groups in total. The number of hydrogen-bond donors (Lipinski definition) is 1. The molecule has 0 saturated carbocycles. The van der Waals surface area contributed by atoms with Crippen molar-refractivity contribution in [2.24, 2.45) is 0 Å². The maximum absolute atomic E-state index is 12.3. The van der Waals surface area contributed by atoms with E-state index in [4.69, 9.17) is 0 Å². The van der Waals surface area contributed by atoms with Gasteiger partial charge >= 0.3 is 5.00 Å². The fourth-order valence-electron chi connectivity index (χ4n) is 2.11. The van der Waals surface area contributed by atoms with Gasteiger partial charge in [0.05, 0.1) is 4.92 Å². The molecule has 8 heteroatoms. The second kappa shape index (κ2) is 7.02. The van der Waals surface area contributed by atoms with Gasteiger partial charge in [0.1, 0.15) is 6.20 Å². The van der Waals surface area contributed by atoms with E-state index in [1.807, 2.05) is 6.07 Å². The van der Waals surface area contributed by atoms with Crippen molar-refractivity contribution in [2.45, 2.75) is 0 Å². The van der Waals surface area contributed by atoms with Crippen molar-refractivity contribution in [2.75, 3.05) is 5.32 Å². The molecular formula is C17H11N3O4S. The highest BCUT2D eigenvalue weighted by Crippen LogP contribution is 2.25. The third-order valence-corrected chi connectivity index (χ3v) is 4.20. The number of nitrogens with zero attached hydrogens (tertiary/aromatic N) is 2. The van der Waals surface area contributed by atoms with Gasteiger partial charge in [0.15, 0.2) is 10.9 Å². The Morgan fingerprint density at radius 1 is 0.960 bits per heavy atom. The number of amides is 1. The van der Waals surface area contributed by atoms with Crippen LogP contribution in [-0.2, 0) is 0 Å². The minimum Gasteiger partial charge on any atom is -0.298 e. The van der Waals surface area contributed by atoms with Crippen molar-refractivity contribution in [3.05, 3.63) is 87.6 Å². The zero-order valence-electron chi connectivity index (χ0n) is 12.7. The van der Waals surface area contributed by atoms with Gasteiger partial charge in [-0.25, -0.2) is 4.98 Å². The van der Waals surface area contributed by atoms with Crippen molar-refractivity contribution in [3.63, 3.8) is 0 Å². The third kappa shape index (κ3) is 3.75. The molecule has 1 heterocycles. The van der Waals surface area contributed by atoms with Gasteiger partial charge < -0.3 is 0 Å². The highest BCUT2D eigenvalue weighted by atomic mass is 32.1. The number of nitrogens with one attached hydrogen (secondary N) is 1. The zero-order valence-corrected chi connectivity index (χ0v) is 13.5. The first kappa shape index (κ1) is 16.5. The van der Waals surface area contributed by atoms with E-state index in [-0.39, 0.29) is 15.9 Å². The Labute approximate surface area is 146 Å². The lowest BCUT2D eigenvalue weighted by atomic mass is 10.0. The molecule has 0 fully saturated rings. The van der Waals surface area contributed by atoms with Gasteiger partial charge in [0.2, 0.25) is 0 Å². The maximum atomic E-state index is 12.3. The summed E-state index contributed by atoms with van der Waals surface area (Å²) in [5.74, 6) is -0.592. The van der Waals surface area contributed by atoms with E-state index in [9.17, 15) is 19.7 Å². The first-order valence-electron chi connectivity index (χ1n) is 7.16. The molecule has 0 aliphatic rings. The number of thiazole rings is 1. The van der Waals surface area contributed by atoms with Crippen molar-refractivity contribution in [1.82, 2.24) is 4.98 Å². The van der Waals surface area contributed by atoms with Crippen LogP contribution in [-0.4, -0.2) is 21.6 Å². The van der Waals surface area contributed by atoms with Gasteiger partial charge in [-0.3, -0.25) is 25.0 Å². The van der Waals surface area contributed by atoms with Gasteiger partial charge in [-0.05, 0) is 23.5 Å². The number of ketones is 1. The molecule has 1 amide bonds. The highest BCUT2D eigenvalue weighted by Gasteiger charge is 2.15. The Bertz CT molecular complexity index is 936. The largest absolute Gasteiger partial charge is 0.345 e. The summed E-state index contributed by atoms with van der Waals surface area (Å²) in [7, 11) is 0. The Balaban J connectivity index is 1.72. The summed E-state index contributed by atoms with van der Waals surface area (Å²) in [4.78, 5) is 38.3. The number of anilines is 1. The standard InChI is InChI=1S/C17H11N3O4S/c21-15(11-4-2-1-3-5-11)12-6-8-13(9-7-12)16(22)19-17-18-10-14(25-17)20(23)24/h1-10H,(H,18,19,22). The van der Waals surface area contributed by atoms with Crippen LogP contribution in [0.2, 0.25) is 0 Å². The van der Waals surface area contributed by atoms with Gasteiger partial charge in [0, 0.05) is 16.7 Å². The molecule has 0 bridgehead atoms. The van der Waals surface area contributed by atoms with Crippen LogP contribution in [0.5, 0.6) is 0 Å². The van der Waals surface area contributed by atoms with Crippen molar-refractivity contribution < 1.29 is 14.5 Å². The molecule has 0 saturated heterocycles. The fourth-order valence-corrected chi connectivity index (χ4v) is 2.73. The second-order valence-corrected chi connectivity index (χ2v) is 6.00. The van der Waals surface area contributed by atoms with Crippen LogP contribution in [0.3, 0.4) is 0 Å². The minimum absolute atomic E-state index is 0.136. The summed E-state index contributed by atoms with van der Waals surface area (Å²) in [5.41, 5.74) is 1.35. The van der Waals surface area contributed by atoms with E-state index in [0.717, 1.165) is 17.5 Å². The molecule has 0 radical (unpaired) electrons. The Morgan fingerprint density at radius 2 is 1.56 bits per heavy atom. The lowest BCUT2D eigenvalue weighted by Gasteiger charge is -2.04. The molecule has 2 aromatic carbocycles. The molecule has 25 heavy (non-hydrogen) atoms. The second-order valence-electron chi connectivity index (χ2n) is 4.99. The SMILES string of the molecule is O=C(Nc1ncc([N+](=O)[O-])s1)c1ccc(C(=O)c2ccccc2)cc1. The quantitative estimate of drug-likeness (QED) is 0.429. The summed E-state index contributed by atoms with van der Waals surface area (Å²) in [5, 5.41) is 13.1. The van der Waals surface area contributed by atoms with Gasteiger partial charge in [-0.2, -0.15) is 0 Å². The van der Waals surface area contributed by atoms with Crippen molar-refractivity contribution in [3.8, 4) is 0 Å². The summed E-state index contributed by atoms with van der Waals surface area (Å²) in [6, 6.07) is 15.0. The molecule has 1 aromatic heterocycles. The zero-order chi connectivity index (χ0) is 17.8. The van der Waals surface area contributed by atoms with E-state index in [1.165, 1.54) is 12.1 Å². The number of carbonyl (C=O) groups excluding carboxylic acids is 2. The van der Waals surface area contributed by atoms with E-state index in [1.54, 1.807) is 36.4 Å². The highest BCUT2D eigenvalue weighted by molar-refractivity contribution is 7.18. The van der Waals surface area contributed by atoms with Crippen molar-refractivity contribution >= 4 is 33.2 Å². The van der Waals surface area contributed by atoms with E-state index in [2.05, 4.69) is 10.3 Å². The van der Waals surface area contributed by atoms with Crippen LogP contribution < -0.4 is 5.32 Å². The van der Waals surface area contributed by atoms with Gasteiger partial charge in [-0.1, -0.05) is 42.5 Å². The summed E-state index contributed by atoms with van der Waals surface area (Å²) >= 11 is 0.773. The van der Waals surface area contributed by atoms with Crippen LogP contribution in [0.25, 0.3) is 0 Å². The molecular weight excluding hydrogens is 342 g/mol. The predicted molar refractivity (Wildman–Crippen MR) is 93.0 cm³/mol. The number of nitro groups is 1. The monoisotopic (exact) mass is 353 g/mol.